The van der Waals surface area contributed by atoms with Crippen molar-refractivity contribution in [2.75, 3.05) is 20.3 Å². The molecule has 0 fully saturated rings. The molecule has 1 rings (SSSR count). The number of methoxy groups -OCH3 is 1. The smallest absolute Gasteiger partial charge is 0.199 e. The van der Waals surface area contributed by atoms with E-state index in [4.69, 9.17) is 9.84 Å². The van der Waals surface area contributed by atoms with Crippen molar-refractivity contribution in [3.63, 3.8) is 0 Å². The number of hydrogen-bond acceptors (Lipinski definition) is 6. The Kier molecular flexibility index (Phi) is 5.91. The molecule has 0 bridgehead atoms. The largest absolute Gasteiger partial charge is 0.496 e. The Balaban J connectivity index is 3.58. The van der Waals surface area contributed by atoms with E-state index >= 15 is 0 Å². The molecule has 2 atom stereocenters. The molecule has 0 saturated carbocycles. The number of nitrogens with one attached hydrogen (secondary N) is 1. The summed E-state index contributed by atoms with van der Waals surface area (Å²) in [5.41, 5.74) is -1.35. The van der Waals surface area contributed by atoms with Gasteiger partial charge in [-0.15, -0.1) is 0 Å². The highest BCUT2D eigenvalue weighted by Crippen LogP contribution is 2.35. The van der Waals surface area contributed by atoms with Crippen molar-refractivity contribution in [1.29, 1.82) is 0 Å². The number of carbonyl (C=O) groups is 2. The lowest BCUT2D eigenvalue weighted by Gasteiger charge is -2.34. The van der Waals surface area contributed by atoms with Gasteiger partial charge in [-0.05, 0) is 20.3 Å². The zero-order valence-electron chi connectivity index (χ0n) is 13.8. The number of aliphatic hydroxyl groups is 2. The maximum absolute atomic E-state index is 12.7. The third-order valence-corrected chi connectivity index (χ3v) is 4.01. The first-order chi connectivity index (χ1) is 10.2. The van der Waals surface area contributed by atoms with Crippen LogP contribution in [0, 0.1) is 5.92 Å². The lowest BCUT2D eigenvalue weighted by molar-refractivity contribution is -0.129. The van der Waals surface area contributed by atoms with Gasteiger partial charge < -0.3 is 20.3 Å². The van der Waals surface area contributed by atoms with E-state index in [0.29, 0.717) is 6.42 Å². The van der Waals surface area contributed by atoms with Crippen LogP contribution < -0.4 is 5.32 Å². The van der Waals surface area contributed by atoms with Crippen LogP contribution in [0.3, 0.4) is 0 Å². The number of carbonyl (C=O) groups excluding carboxylic acids is 2. The standard InChI is InChI=1S/C16H25NO5/c1-6-9(2)12(19)11-13(22-5)10(3)15(20)16(4,21)14(11)17-7-8-18/h9,17-18,21H,6-8H2,1-5H3. The molecule has 0 heterocycles. The molecule has 2 unspecified atom stereocenters. The Labute approximate surface area is 130 Å². The first kappa shape index (κ1) is 18.4. The molecule has 0 saturated heterocycles. The average molecular weight is 311 g/mol. The molecule has 22 heavy (non-hydrogen) atoms. The third-order valence-electron chi connectivity index (χ3n) is 4.01. The highest BCUT2D eigenvalue weighted by molar-refractivity contribution is 6.12. The van der Waals surface area contributed by atoms with Gasteiger partial charge in [0, 0.05) is 18.0 Å². The molecule has 1 aliphatic carbocycles. The van der Waals surface area contributed by atoms with E-state index in [1.165, 1.54) is 21.0 Å². The minimum atomic E-state index is -1.85. The molecule has 124 valence electrons. The highest BCUT2D eigenvalue weighted by atomic mass is 16.5. The number of rotatable bonds is 7. The first-order valence-electron chi connectivity index (χ1n) is 7.40. The predicted octanol–water partition coefficient (Wildman–Crippen LogP) is 0.692. The Morgan fingerprint density at radius 1 is 1.45 bits per heavy atom. The lowest BCUT2D eigenvalue weighted by atomic mass is 9.79. The van der Waals surface area contributed by atoms with E-state index < -0.39 is 11.4 Å². The minimum Gasteiger partial charge on any atom is -0.496 e. The lowest BCUT2D eigenvalue weighted by Crippen LogP contribution is -2.48. The summed E-state index contributed by atoms with van der Waals surface area (Å²) in [6, 6.07) is 0. The summed E-state index contributed by atoms with van der Waals surface area (Å²) in [5.74, 6) is -0.817. The first-order valence-corrected chi connectivity index (χ1v) is 7.40. The number of aliphatic hydroxyl groups excluding tert-OH is 1. The number of ether oxygens (including phenoxy) is 1. The number of Topliss-reactive ketones (excluding diaryl/α,β-unsaturated/α-hetero) is 2. The summed E-state index contributed by atoms with van der Waals surface area (Å²) in [6.07, 6.45) is 0.627. The Morgan fingerprint density at radius 2 is 2.05 bits per heavy atom. The van der Waals surface area contributed by atoms with Crippen LogP contribution in [0.25, 0.3) is 0 Å². The van der Waals surface area contributed by atoms with Gasteiger partial charge >= 0.3 is 0 Å². The van der Waals surface area contributed by atoms with Gasteiger partial charge in [0.05, 0.1) is 25.0 Å². The van der Waals surface area contributed by atoms with Crippen LogP contribution in [-0.2, 0) is 14.3 Å². The zero-order chi connectivity index (χ0) is 17.1. The van der Waals surface area contributed by atoms with Gasteiger partial charge in [0.25, 0.3) is 0 Å². The van der Waals surface area contributed by atoms with Gasteiger partial charge in [-0.3, -0.25) is 9.59 Å². The minimum absolute atomic E-state index is 0.0966. The molecule has 6 heteroatoms. The van der Waals surface area contributed by atoms with Gasteiger partial charge in [-0.1, -0.05) is 13.8 Å². The molecule has 0 spiro atoms. The van der Waals surface area contributed by atoms with Crippen LogP contribution in [0.5, 0.6) is 0 Å². The van der Waals surface area contributed by atoms with E-state index in [0.717, 1.165) is 0 Å². The number of hydrogen-bond donors (Lipinski definition) is 3. The van der Waals surface area contributed by atoms with Gasteiger partial charge in [-0.25, -0.2) is 0 Å². The SMILES string of the molecule is CCC(C)C(=O)C1=C(NCCO)C(C)(O)C(=O)C(C)=C1OC. The van der Waals surface area contributed by atoms with Gasteiger partial charge in [0.15, 0.2) is 17.2 Å². The summed E-state index contributed by atoms with van der Waals surface area (Å²) in [5, 5.41) is 22.4. The molecule has 0 amide bonds. The summed E-state index contributed by atoms with van der Waals surface area (Å²) < 4.78 is 5.27. The van der Waals surface area contributed by atoms with Gasteiger partial charge in [-0.2, -0.15) is 0 Å². The van der Waals surface area contributed by atoms with Crippen LogP contribution in [-0.4, -0.2) is 47.6 Å². The fraction of sp³-hybridized carbons (Fsp3) is 0.625. The average Bonchev–Trinajstić information content (AvgIpc) is 2.50. The quantitative estimate of drug-likeness (QED) is 0.640. The number of allylic oxidation sites excluding steroid dienone is 1. The van der Waals surface area contributed by atoms with Crippen molar-refractivity contribution < 1.29 is 24.5 Å². The van der Waals surface area contributed by atoms with Crippen LogP contribution in [0.4, 0.5) is 0 Å². The molecule has 6 nitrogen and oxygen atoms in total. The second-order valence-electron chi connectivity index (χ2n) is 5.63. The van der Waals surface area contributed by atoms with Crippen molar-refractivity contribution in [2.24, 2.45) is 5.92 Å². The number of ketones is 2. The third kappa shape index (κ3) is 3.08. The molecular weight excluding hydrogens is 286 g/mol. The molecule has 0 aliphatic heterocycles. The van der Waals surface area contributed by atoms with Gasteiger partial charge in [0.1, 0.15) is 5.76 Å². The van der Waals surface area contributed by atoms with Crippen LogP contribution in [0.1, 0.15) is 34.1 Å². The highest BCUT2D eigenvalue weighted by Gasteiger charge is 2.45. The fourth-order valence-electron chi connectivity index (χ4n) is 2.49. The summed E-state index contributed by atoms with van der Waals surface area (Å²) in [6.45, 7) is 6.47. The molecule has 0 aromatic heterocycles. The monoisotopic (exact) mass is 311 g/mol. The fourth-order valence-corrected chi connectivity index (χ4v) is 2.49. The molecule has 3 N–H and O–H groups in total. The van der Waals surface area contributed by atoms with Crippen molar-refractivity contribution in [3.05, 3.63) is 22.6 Å². The van der Waals surface area contributed by atoms with E-state index in [2.05, 4.69) is 5.32 Å². The topological polar surface area (TPSA) is 95.9 Å². The molecule has 0 aromatic rings. The van der Waals surface area contributed by atoms with E-state index in [1.54, 1.807) is 6.92 Å². The second-order valence-corrected chi connectivity index (χ2v) is 5.63. The maximum Gasteiger partial charge on any atom is 0.199 e. The van der Waals surface area contributed by atoms with E-state index in [9.17, 15) is 14.7 Å². The summed E-state index contributed by atoms with van der Waals surface area (Å²) in [7, 11) is 1.39. The summed E-state index contributed by atoms with van der Waals surface area (Å²) in [4.78, 5) is 25.1. The Hall–Kier alpha value is -1.66. The zero-order valence-corrected chi connectivity index (χ0v) is 13.8. The van der Waals surface area contributed by atoms with Crippen LogP contribution >= 0.6 is 0 Å². The van der Waals surface area contributed by atoms with Crippen molar-refractivity contribution in [2.45, 2.75) is 39.7 Å². The van der Waals surface area contributed by atoms with Crippen molar-refractivity contribution >= 4 is 11.6 Å². The molecular formula is C16H25NO5. The maximum atomic E-state index is 12.7. The molecule has 0 radical (unpaired) electrons. The van der Waals surface area contributed by atoms with Crippen LogP contribution in [0.15, 0.2) is 22.6 Å². The Bertz CT molecular complexity index is 531. The predicted molar refractivity (Wildman–Crippen MR) is 81.9 cm³/mol. The van der Waals surface area contributed by atoms with Crippen molar-refractivity contribution in [3.8, 4) is 0 Å². The van der Waals surface area contributed by atoms with Crippen LogP contribution in [0.2, 0.25) is 0 Å². The second kappa shape index (κ2) is 7.07. The Morgan fingerprint density at radius 3 is 2.50 bits per heavy atom. The normalized spacial score (nSPS) is 23.7. The van der Waals surface area contributed by atoms with E-state index in [-0.39, 0.29) is 47.5 Å². The van der Waals surface area contributed by atoms with Gasteiger partial charge in [0.2, 0.25) is 0 Å². The molecule has 1 aliphatic rings. The van der Waals surface area contributed by atoms with Crippen molar-refractivity contribution in [1.82, 2.24) is 5.32 Å². The van der Waals surface area contributed by atoms with E-state index in [1.807, 2.05) is 6.92 Å². The molecule has 0 aromatic carbocycles. The summed E-state index contributed by atoms with van der Waals surface area (Å²) >= 11 is 0.